The van der Waals surface area contributed by atoms with Crippen LogP contribution in [0, 0.1) is 5.92 Å². The molecule has 1 atom stereocenters. The van der Waals surface area contributed by atoms with Gasteiger partial charge >= 0.3 is 0 Å². The van der Waals surface area contributed by atoms with Crippen molar-refractivity contribution < 1.29 is 4.79 Å². The summed E-state index contributed by atoms with van der Waals surface area (Å²) in [6.45, 7) is 6.29. The highest BCUT2D eigenvalue weighted by Gasteiger charge is 2.18. The topological polar surface area (TPSA) is 55.1 Å². The molecule has 0 spiro atoms. The molecule has 0 aliphatic heterocycles. The lowest BCUT2D eigenvalue weighted by atomic mass is 10.1. The lowest BCUT2D eigenvalue weighted by Crippen LogP contribution is -2.33. The third-order valence-electron chi connectivity index (χ3n) is 3.10. The predicted molar refractivity (Wildman–Crippen MR) is 87.6 cm³/mol. The minimum atomic E-state index is -0.104. The van der Waals surface area contributed by atoms with E-state index in [0.29, 0.717) is 21.5 Å². The van der Waals surface area contributed by atoms with Crippen LogP contribution in [-0.4, -0.2) is 11.9 Å². The number of carbonyl (C=O) groups excluding carboxylic acids is 1. The van der Waals surface area contributed by atoms with Gasteiger partial charge in [-0.2, -0.15) is 0 Å². The number of thiophene rings is 1. The van der Waals surface area contributed by atoms with E-state index in [0.717, 1.165) is 16.5 Å². The van der Waals surface area contributed by atoms with Crippen LogP contribution in [0.5, 0.6) is 0 Å². The van der Waals surface area contributed by atoms with Gasteiger partial charge in [0.15, 0.2) is 0 Å². The van der Waals surface area contributed by atoms with Crippen LogP contribution in [0.3, 0.4) is 0 Å². The van der Waals surface area contributed by atoms with Gasteiger partial charge in [0, 0.05) is 21.2 Å². The zero-order valence-electron chi connectivity index (χ0n) is 11.9. The molecule has 2 rings (SSSR count). The second-order valence-electron chi connectivity index (χ2n) is 5.49. The molecule has 0 aliphatic rings. The summed E-state index contributed by atoms with van der Waals surface area (Å²) in [6, 6.07) is 5.62. The van der Waals surface area contributed by atoms with E-state index in [2.05, 4.69) is 19.2 Å². The van der Waals surface area contributed by atoms with Crippen LogP contribution in [-0.2, 0) is 0 Å². The molecule has 3 nitrogen and oxygen atoms in total. The highest BCUT2D eigenvalue weighted by Crippen LogP contribution is 2.35. The van der Waals surface area contributed by atoms with E-state index in [9.17, 15) is 4.79 Å². The van der Waals surface area contributed by atoms with Crippen molar-refractivity contribution in [3.8, 4) is 0 Å². The van der Waals surface area contributed by atoms with Crippen molar-refractivity contribution in [2.75, 3.05) is 5.73 Å². The highest BCUT2D eigenvalue weighted by atomic mass is 35.5. The molecule has 108 valence electrons. The number of fused-ring (bicyclic) bond motifs is 1. The summed E-state index contributed by atoms with van der Waals surface area (Å²) in [4.78, 5) is 12.9. The number of benzene rings is 1. The molecule has 0 radical (unpaired) electrons. The molecule has 1 unspecified atom stereocenters. The average Bonchev–Trinajstić information content (AvgIpc) is 2.65. The predicted octanol–water partition coefficient (Wildman–Crippen LogP) is 4.30. The third kappa shape index (κ3) is 3.25. The summed E-state index contributed by atoms with van der Waals surface area (Å²) >= 11 is 7.35. The number of rotatable bonds is 4. The van der Waals surface area contributed by atoms with E-state index in [1.54, 1.807) is 6.07 Å². The molecule has 5 heteroatoms. The number of nitrogens with two attached hydrogens (primary N) is 1. The Bertz CT molecular complexity index is 636. The second-order valence-corrected chi connectivity index (χ2v) is 6.98. The van der Waals surface area contributed by atoms with Crippen LogP contribution in [0.1, 0.15) is 36.9 Å². The van der Waals surface area contributed by atoms with Crippen molar-refractivity contribution in [1.29, 1.82) is 0 Å². The molecular formula is C15H19ClN2OS. The minimum Gasteiger partial charge on any atom is -0.397 e. The number of halogens is 1. The Morgan fingerprint density at radius 1 is 1.40 bits per heavy atom. The van der Waals surface area contributed by atoms with E-state index in [1.165, 1.54) is 11.3 Å². The minimum absolute atomic E-state index is 0.104. The normalized spacial score (nSPS) is 12.8. The van der Waals surface area contributed by atoms with Crippen molar-refractivity contribution in [3.05, 3.63) is 28.1 Å². The fourth-order valence-electron chi connectivity index (χ4n) is 2.31. The smallest absolute Gasteiger partial charge is 0.263 e. The van der Waals surface area contributed by atoms with Crippen LogP contribution in [0.4, 0.5) is 5.69 Å². The number of nitrogen functional groups attached to an aromatic ring is 1. The number of amides is 1. The quantitative estimate of drug-likeness (QED) is 0.884. The molecule has 0 saturated heterocycles. The molecule has 0 aliphatic carbocycles. The molecule has 1 amide bonds. The van der Waals surface area contributed by atoms with Gasteiger partial charge in [-0.1, -0.05) is 25.4 Å². The van der Waals surface area contributed by atoms with E-state index < -0.39 is 0 Å². The molecule has 0 fully saturated rings. The van der Waals surface area contributed by atoms with Crippen LogP contribution in [0.15, 0.2) is 18.2 Å². The zero-order chi connectivity index (χ0) is 14.9. The third-order valence-corrected chi connectivity index (χ3v) is 4.50. The summed E-state index contributed by atoms with van der Waals surface area (Å²) in [5.74, 6) is 0.442. The Kier molecular flexibility index (Phi) is 4.55. The Morgan fingerprint density at radius 3 is 2.75 bits per heavy atom. The molecule has 1 heterocycles. The number of hydrogen-bond donors (Lipinski definition) is 2. The summed E-state index contributed by atoms with van der Waals surface area (Å²) in [5.41, 5.74) is 6.61. The molecule has 3 N–H and O–H groups in total. The largest absolute Gasteiger partial charge is 0.397 e. The highest BCUT2D eigenvalue weighted by molar-refractivity contribution is 7.21. The van der Waals surface area contributed by atoms with E-state index in [1.807, 2.05) is 19.1 Å². The van der Waals surface area contributed by atoms with E-state index >= 15 is 0 Å². The fraction of sp³-hybridized carbons (Fsp3) is 0.400. The Labute approximate surface area is 128 Å². The van der Waals surface area contributed by atoms with Crippen molar-refractivity contribution in [1.82, 2.24) is 5.32 Å². The first-order valence-corrected chi connectivity index (χ1v) is 7.86. The molecular weight excluding hydrogens is 292 g/mol. The number of anilines is 1. The van der Waals surface area contributed by atoms with Crippen LogP contribution in [0.25, 0.3) is 10.1 Å². The lowest BCUT2D eigenvalue weighted by Gasteiger charge is -2.15. The summed E-state index contributed by atoms with van der Waals surface area (Å²) < 4.78 is 0.941. The number of hydrogen-bond acceptors (Lipinski definition) is 3. The molecule has 1 aromatic carbocycles. The molecule has 2 aromatic rings. The monoisotopic (exact) mass is 310 g/mol. The maximum absolute atomic E-state index is 12.3. The van der Waals surface area contributed by atoms with Crippen molar-refractivity contribution in [2.24, 2.45) is 5.92 Å². The molecule has 0 bridgehead atoms. The second kappa shape index (κ2) is 6.02. The lowest BCUT2D eigenvalue weighted by molar-refractivity contribution is 0.0941. The van der Waals surface area contributed by atoms with Gasteiger partial charge in [-0.15, -0.1) is 11.3 Å². The number of carbonyl (C=O) groups is 1. The SMILES string of the molecule is CC(C)CC(C)NC(=O)c1sc2cc(Cl)ccc2c1N. The molecule has 0 saturated carbocycles. The van der Waals surface area contributed by atoms with Gasteiger partial charge in [0.1, 0.15) is 4.88 Å². The summed E-state index contributed by atoms with van der Waals surface area (Å²) in [5, 5.41) is 4.54. The van der Waals surface area contributed by atoms with Gasteiger partial charge in [0.05, 0.1) is 5.69 Å². The first kappa shape index (κ1) is 15.1. The average molecular weight is 311 g/mol. The zero-order valence-corrected chi connectivity index (χ0v) is 13.4. The van der Waals surface area contributed by atoms with Gasteiger partial charge in [-0.25, -0.2) is 0 Å². The number of nitrogens with one attached hydrogen (secondary N) is 1. The van der Waals surface area contributed by atoms with Gasteiger partial charge < -0.3 is 11.1 Å². The first-order valence-electron chi connectivity index (χ1n) is 6.67. The Morgan fingerprint density at radius 2 is 2.10 bits per heavy atom. The Hall–Kier alpha value is -1.26. The van der Waals surface area contributed by atoms with Gasteiger partial charge in [-0.05, 0) is 37.5 Å². The van der Waals surface area contributed by atoms with Crippen LogP contribution >= 0.6 is 22.9 Å². The van der Waals surface area contributed by atoms with Gasteiger partial charge in [0.2, 0.25) is 0 Å². The fourth-order valence-corrected chi connectivity index (χ4v) is 3.62. The van der Waals surface area contributed by atoms with Gasteiger partial charge in [-0.3, -0.25) is 4.79 Å². The summed E-state index contributed by atoms with van der Waals surface area (Å²) in [7, 11) is 0. The van der Waals surface area contributed by atoms with Crippen LogP contribution < -0.4 is 11.1 Å². The first-order chi connectivity index (χ1) is 9.38. The molecule has 20 heavy (non-hydrogen) atoms. The van der Waals surface area contributed by atoms with Crippen molar-refractivity contribution in [3.63, 3.8) is 0 Å². The van der Waals surface area contributed by atoms with Gasteiger partial charge in [0.25, 0.3) is 5.91 Å². The maximum atomic E-state index is 12.3. The van der Waals surface area contributed by atoms with Crippen molar-refractivity contribution in [2.45, 2.75) is 33.2 Å². The molecule has 1 aromatic heterocycles. The summed E-state index contributed by atoms with van der Waals surface area (Å²) in [6.07, 6.45) is 0.947. The van der Waals surface area contributed by atoms with Crippen molar-refractivity contribution >= 4 is 44.6 Å². The van der Waals surface area contributed by atoms with E-state index in [-0.39, 0.29) is 11.9 Å². The Balaban J connectivity index is 2.24. The van der Waals surface area contributed by atoms with E-state index in [4.69, 9.17) is 17.3 Å². The van der Waals surface area contributed by atoms with Crippen LogP contribution in [0.2, 0.25) is 5.02 Å². The standard InChI is InChI=1S/C15H19ClN2OS/c1-8(2)6-9(3)18-15(19)14-13(17)11-5-4-10(16)7-12(11)20-14/h4-5,7-9H,6,17H2,1-3H3,(H,18,19). The maximum Gasteiger partial charge on any atom is 0.263 e.